The van der Waals surface area contributed by atoms with Gasteiger partial charge in [-0.05, 0) is 61.1 Å². The Bertz CT molecular complexity index is 885. The molecule has 0 aromatic heterocycles. The highest BCUT2D eigenvalue weighted by Gasteiger charge is 2.15. The van der Waals surface area contributed by atoms with E-state index in [1.165, 1.54) is 4.90 Å². The number of carbonyl (C=O) groups is 2. The Morgan fingerprint density at radius 2 is 1.83 bits per heavy atom. The quantitative estimate of drug-likeness (QED) is 0.455. The van der Waals surface area contributed by atoms with E-state index in [4.69, 9.17) is 17.0 Å². The monoisotopic (exact) mass is 477 g/mol. The van der Waals surface area contributed by atoms with Crippen LogP contribution in [0.5, 0.6) is 5.75 Å². The predicted octanol–water partition coefficient (Wildman–Crippen LogP) is 4.46. The number of ether oxygens (including phenoxy) is 1. The average Bonchev–Trinajstić information content (AvgIpc) is 2.69. The number of thiocarbonyl (C=S) groups is 1. The Morgan fingerprint density at radius 1 is 1.14 bits per heavy atom. The summed E-state index contributed by atoms with van der Waals surface area (Å²) in [5.41, 5.74) is 1.63. The molecule has 0 spiro atoms. The normalized spacial score (nSPS) is 10.2. The van der Waals surface area contributed by atoms with Crippen LogP contribution in [0.4, 0.5) is 5.69 Å². The number of anilines is 1. The summed E-state index contributed by atoms with van der Waals surface area (Å²) in [6, 6.07) is 12.1. The summed E-state index contributed by atoms with van der Waals surface area (Å²) in [4.78, 5) is 26.1. The lowest BCUT2D eigenvalue weighted by molar-refractivity contribution is 0.0827. The van der Waals surface area contributed by atoms with Crippen LogP contribution in [-0.2, 0) is 0 Å². The number of hydrogen-bond donors (Lipinski definition) is 2. The molecule has 29 heavy (non-hydrogen) atoms. The van der Waals surface area contributed by atoms with Crippen LogP contribution in [0, 0.1) is 0 Å². The van der Waals surface area contributed by atoms with Crippen LogP contribution in [0.3, 0.4) is 0 Å². The first-order chi connectivity index (χ1) is 13.8. The van der Waals surface area contributed by atoms with Crippen LogP contribution < -0.4 is 15.4 Å². The number of unbranched alkanes of at least 4 members (excludes halogenated alkanes) is 1. The Kier molecular flexibility index (Phi) is 8.60. The number of halogens is 1. The molecule has 0 unspecified atom stereocenters. The molecule has 0 radical (unpaired) electrons. The Hall–Kier alpha value is -2.45. The van der Waals surface area contributed by atoms with Gasteiger partial charge in [0.05, 0.1) is 12.2 Å². The predicted molar refractivity (Wildman–Crippen MR) is 123 cm³/mol. The number of carbonyl (C=O) groups excluding carboxylic acids is 2. The molecule has 2 rings (SSSR count). The summed E-state index contributed by atoms with van der Waals surface area (Å²) in [6.07, 6.45) is 1.91. The second kappa shape index (κ2) is 10.9. The van der Waals surface area contributed by atoms with E-state index in [1.807, 2.05) is 6.07 Å². The van der Waals surface area contributed by atoms with Gasteiger partial charge in [0.2, 0.25) is 0 Å². The molecule has 0 aliphatic heterocycles. The molecule has 8 heteroatoms. The summed E-state index contributed by atoms with van der Waals surface area (Å²) in [5.74, 6) is 0.0564. The topological polar surface area (TPSA) is 70.7 Å². The van der Waals surface area contributed by atoms with Gasteiger partial charge < -0.3 is 15.0 Å². The van der Waals surface area contributed by atoms with Gasteiger partial charge in [-0.25, -0.2) is 0 Å². The van der Waals surface area contributed by atoms with E-state index >= 15 is 0 Å². The van der Waals surface area contributed by atoms with Crippen molar-refractivity contribution in [3.63, 3.8) is 0 Å². The first kappa shape index (κ1) is 22.8. The lowest BCUT2D eigenvalue weighted by atomic mass is 10.2. The number of rotatable bonds is 7. The summed E-state index contributed by atoms with van der Waals surface area (Å²) in [7, 11) is 3.39. The van der Waals surface area contributed by atoms with Crippen molar-refractivity contribution in [2.24, 2.45) is 0 Å². The van der Waals surface area contributed by atoms with E-state index in [1.54, 1.807) is 50.5 Å². The van der Waals surface area contributed by atoms with Crippen molar-refractivity contribution in [2.75, 3.05) is 26.0 Å². The van der Waals surface area contributed by atoms with Crippen LogP contribution in [0.15, 0.2) is 46.9 Å². The number of nitrogens with zero attached hydrogens (tertiary/aromatic N) is 1. The van der Waals surface area contributed by atoms with Gasteiger partial charge in [0.25, 0.3) is 11.8 Å². The molecule has 0 saturated heterocycles. The summed E-state index contributed by atoms with van der Waals surface area (Å²) in [6.45, 7) is 2.62. The minimum absolute atomic E-state index is 0.0855. The van der Waals surface area contributed by atoms with Crippen molar-refractivity contribution >= 4 is 50.8 Å². The summed E-state index contributed by atoms with van der Waals surface area (Å²) < 4.78 is 6.50. The molecule has 0 aliphatic rings. The molecule has 2 amide bonds. The van der Waals surface area contributed by atoms with E-state index < -0.39 is 0 Å². The molecular formula is C21H24BrN3O3S. The largest absolute Gasteiger partial charge is 0.493 e. The lowest BCUT2D eigenvalue weighted by Gasteiger charge is -2.14. The van der Waals surface area contributed by atoms with Crippen molar-refractivity contribution in [2.45, 2.75) is 19.8 Å². The van der Waals surface area contributed by atoms with Crippen molar-refractivity contribution in [1.29, 1.82) is 0 Å². The van der Waals surface area contributed by atoms with Gasteiger partial charge in [-0.3, -0.25) is 14.9 Å². The van der Waals surface area contributed by atoms with Crippen LogP contribution >= 0.6 is 28.1 Å². The molecule has 154 valence electrons. The minimum atomic E-state index is -0.366. The highest BCUT2D eigenvalue weighted by atomic mass is 79.9. The van der Waals surface area contributed by atoms with Gasteiger partial charge >= 0.3 is 0 Å². The zero-order valence-corrected chi connectivity index (χ0v) is 19.0. The van der Waals surface area contributed by atoms with Crippen LogP contribution in [-0.4, -0.2) is 42.5 Å². The van der Waals surface area contributed by atoms with Crippen molar-refractivity contribution < 1.29 is 14.3 Å². The summed E-state index contributed by atoms with van der Waals surface area (Å²) >= 11 is 8.63. The molecular weight excluding hydrogens is 454 g/mol. The molecule has 2 aromatic rings. The third-order valence-corrected chi connectivity index (χ3v) is 4.66. The third-order valence-electron chi connectivity index (χ3n) is 3.96. The first-order valence-corrected chi connectivity index (χ1v) is 10.4. The van der Waals surface area contributed by atoms with Crippen molar-refractivity contribution in [3.05, 3.63) is 58.1 Å². The Balaban J connectivity index is 2.03. The van der Waals surface area contributed by atoms with E-state index in [-0.39, 0.29) is 16.9 Å². The van der Waals surface area contributed by atoms with E-state index in [0.717, 1.165) is 17.3 Å². The number of amides is 2. The third kappa shape index (κ3) is 6.83. The van der Waals surface area contributed by atoms with E-state index in [2.05, 4.69) is 33.5 Å². The van der Waals surface area contributed by atoms with Gasteiger partial charge in [0, 0.05) is 29.8 Å². The Labute approximate surface area is 184 Å². The van der Waals surface area contributed by atoms with Gasteiger partial charge in [-0.2, -0.15) is 0 Å². The lowest BCUT2D eigenvalue weighted by Crippen LogP contribution is -2.34. The fraction of sp³-hybridized carbons (Fsp3) is 0.286. The molecule has 0 bridgehead atoms. The van der Waals surface area contributed by atoms with E-state index in [9.17, 15) is 9.59 Å². The fourth-order valence-corrected chi connectivity index (χ4v) is 2.99. The smallest absolute Gasteiger partial charge is 0.261 e. The fourth-order valence-electron chi connectivity index (χ4n) is 2.42. The molecule has 0 fully saturated rings. The highest BCUT2D eigenvalue weighted by Crippen LogP contribution is 2.23. The molecule has 2 N–H and O–H groups in total. The molecule has 6 nitrogen and oxygen atoms in total. The second-order valence-corrected chi connectivity index (χ2v) is 7.85. The molecule has 0 heterocycles. The van der Waals surface area contributed by atoms with Gasteiger partial charge in [0.15, 0.2) is 5.11 Å². The average molecular weight is 478 g/mol. The molecule has 0 atom stereocenters. The van der Waals surface area contributed by atoms with Crippen molar-refractivity contribution in [1.82, 2.24) is 10.2 Å². The first-order valence-electron chi connectivity index (χ1n) is 9.18. The number of hydrogen-bond acceptors (Lipinski definition) is 4. The number of benzene rings is 2. The summed E-state index contributed by atoms with van der Waals surface area (Å²) in [5, 5.41) is 5.76. The Morgan fingerprint density at radius 3 is 2.45 bits per heavy atom. The van der Waals surface area contributed by atoms with Gasteiger partial charge in [0.1, 0.15) is 5.75 Å². The maximum Gasteiger partial charge on any atom is 0.261 e. The van der Waals surface area contributed by atoms with Gasteiger partial charge in [-0.1, -0.05) is 29.3 Å². The molecule has 2 aromatic carbocycles. The zero-order valence-electron chi connectivity index (χ0n) is 16.6. The van der Waals surface area contributed by atoms with Crippen molar-refractivity contribution in [3.8, 4) is 5.75 Å². The maximum atomic E-state index is 12.7. The minimum Gasteiger partial charge on any atom is -0.493 e. The number of nitrogens with one attached hydrogen (secondary N) is 2. The van der Waals surface area contributed by atoms with Gasteiger partial charge in [-0.15, -0.1) is 0 Å². The maximum absolute atomic E-state index is 12.7. The zero-order chi connectivity index (χ0) is 21.4. The molecule has 0 aliphatic carbocycles. The van der Waals surface area contributed by atoms with Crippen LogP contribution in [0.25, 0.3) is 0 Å². The van der Waals surface area contributed by atoms with Crippen LogP contribution in [0.2, 0.25) is 0 Å². The second-order valence-electron chi connectivity index (χ2n) is 6.53. The standard InChI is InChI=1S/C21H24BrN3O3S/c1-4-5-12-28-18-11-8-15(22)13-17(18)19(26)24-21(29)23-16-9-6-14(7-10-16)20(27)25(2)3/h6-11,13H,4-5,12H2,1-3H3,(H2,23,24,26,29). The SMILES string of the molecule is CCCCOc1ccc(Br)cc1C(=O)NC(=S)Nc1ccc(C(=O)N(C)C)cc1. The molecule has 0 saturated carbocycles. The van der Waals surface area contributed by atoms with E-state index in [0.29, 0.717) is 29.2 Å². The van der Waals surface area contributed by atoms with Crippen LogP contribution in [0.1, 0.15) is 40.5 Å². The highest BCUT2D eigenvalue weighted by molar-refractivity contribution is 9.10.